The maximum absolute atomic E-state index is 14.4. The lowest BCUT2D eigenvalue weighted by molar-refractivity contribution is -0.153. The standard InChI is InChI=1S/C28H36N2O5S/c1-6-15-29(27(3,4)5)25(33)23-28-14-13-20(36-28)21(26(34)35-16-7-2)22(28)24(32)30(23)19(17-31)18-11-9-8-10-12-18/h6-12,19-23,31H,1-2,13-17H2,3-5H3/t19-,20-,21+,22+,23?,28?/m1/s1. The molecule has 3 heterocycles. The molecule has 0 saturated carbocycles. The zero-order valence-corrected chi connectivity index (χ0v) is 22.1. The zero-order chi connectivity index (χ0) is 26.3. The lowest BCUT2D eigenvalue weighted by Gasteiger charge is -2.43. The SMILES string of the molecule is C=CCOC(=O)[C@@H]1[C@H]2C(=O)N([C@H](CO)c3ccccc3)C(C(=O)N(CC=C)C(C)(C)C)C23CC[C@H]1S3. The van der Waals surface area contributed by atoms with Crippen LogP contribution >= 0.6 is 11.8 Å². The van der Waals surface area contributed by atoms with E-state index in [1.807, 2.05) is 51.1 Å². The number of rotatable bonds is 9. The van der Waals surface area contributed by atoms with Crippen molar-refractivity contribution in [3.63, 3.8) is 0 Å². The average Bonchev–Trinajstić information content (AvgIpc) is 3.49. The molecule has 0 radical (unpaired) electrons. The van der Waals surface area contributed by atoms with Crippen molar-refractivity contribution in [2.24, 2.45) is 11.8 Å². The second kappa shape index (κ2) is 10.1. The highest BCUT2D eigenvalue weighted by atomic mass is 32.2. The van der Waals surface area contributed by atoms with Gasteiger partial charge in [-0.15, -0.1) is 18.3 Å². The van der Waals surface area contributed by atoms with Gasteiger partial charge in [0.1, 0.15) is 12.6 Å². The van der Waals surface area contributed by atoms with Gasteiger partial charge in [-0.3, -0.25) is 14.4 Å². The summed E-state index contributed by atoms with van der Waals surface area (Å²) >= 11 is 1.59. The number of fused-ring (bicyclic) bond motifs is 1. The van der Waals surface area contributed by atoms with Gasteiger partial charge < -0.3 is 19.6 Å². The highest BCUT2D eigenvalue weighted by molar-refractivity contribution is 8.02. The van der Waals surface area contributed by atoms with Gasteiger partial charge in [0.2, 0.25) is 11.8 Å². The van der Waals surface area contributed by atoms with E-state index >= 15 is 0 Å². The van der Waals surface area contributed by atoms with Gasteiger partial charge in [-0.2, -0.15) is 0 Å². The van der Waals surface area contributed by atoms with Crippen molar-refractivity contribution in [1.82, 2.24) is 9.80 Å². The predicted octanol–water partition coefficient (Wildman–Crippen LogP) is 3.35. The van der Waals surface area contributed by atoms with Crippen molar-refractivity contribution in [3.8, 4) is 0 Å². The van der Waals surface area contributed by atoms with Crippen LogP contribution in [0.1, 0.15) is 45.2 Å². The summed E-state index contributed by atoms with van der Waals surface area (Å²) in [6.07, 6.45) is 4.58. The van der Waals surface area contributed by atoms with Crippen LogP contribution in [0.4, 0.5) is 0 Å². The highest BCUT2D eigenvalue weighted by Crippen LogP contribution is 2.67. The maximum Gasteiger partial charge on any atom is 0.311 e. The Morgan fingerprint density at radius 3 is 2.56 bits per heavy atom. The number of hydrogen-bond acceptors (Lipinski definition) is 6. The molecule has 0 aromatic heterocycles. The number of aliphatic hydroxyl groups is 1. The van der Waals surface area contributed by atoms with Gasteiger partial charge in [-0.05, 0) is 39.2 Å². The van der Waals surface area contributed by atoms with Crippen molar-refractivity contribution in [3.05, 3.63) is 61.2 Å². The highest BCUT2D eigenvalue weighted by Gasteiger charge is 2.75. The molecule has 3 aliphatic rings. The van der Waals surface area contributed by atoms with E-state index in [9.17, 15) is 19.5 Å². The fourth-order valence-electron chi connectivity index (χ4n) is 6.21. The van der Waals surface area contributed by atoms with Crippen LogP contribution in [-0.4, -0.2) is 74.0 Å². The molecule has 3 saturated heterocycles. The zero-order valence-electron chi connectivity index (χ0n) is 21.3. The summed E-state index contributed by atoms with van der Waals surface area (Å²) in [4.78, 5) is 45.2. The third-order valence-corrected chi connectivity index (χ3v) is 9.62. The lowest BCUT2D eigenvalue weighted by Crippen LogP contribution is -2.59. The molecule has 1 N–H and O–H groups in total. The number of carbonyl (C=O) groups is 3. The second-order valence-electron chi connectivity index (χ2n) is 10.7. The van der Waals surface area contributed by atoms with E-state index in [0.717, 1.165) is 12.0 Å². The summed E-state index contributed by atoms with van der Waals surface area (Å²) in [5, 5.41) is 10.5. The van der Waals surface area contributed by atoms with Crippen LogP contribution in [0.2, 0.25) is 0 Å². The Kier molecular flexibility index (Phi) is 7.40. The molecule has 8 heteroatoms. The van der Waals surface area contributed by atoms with Gasteiger partial charge >= 0.3 is 5.97 Å². The minimum absolute atomic E-state index is 0.0765. The molecular weight excluding hydrogens is 476 g/mol. The normalized spacial score (nSPS) is 29.6. The van der Waals surface area contributed by atoms with Crippen molar-refractivity contribution in [2.75, 3.05) is 19.8 Å². The summed E-state index contributed by atoms with van der Waals surface area (Å²) in [6.45, 7) is 13.4. The first kappa shape index (κ1) is 26.5. The number of carbonyl (C=O) groups excluding carboxylic acids is 3. The molecule has 3 fully saturated rings. The third kappa shape index (κ3) is 4.18. The predicted molar refractivity (Wildman–Crippen MR) is 140 cm³/mol. The van der Waals surface area contributed by atoms with E-state index in [1.165, 1.54) is 6.08 Å². The minimum Gasteiger partial charge on any atom is -0.461 e. The number of esters is 1. The Bertz CT molecular complexity index is 1040. The van der Waals surface area contributed by atoms with Crippen LogP contribution < -0.4 is 0 Å². The van der Waals surface area contributed by atoms with Crippen molar-refractivity contribution in [1.29, 1.82) is 0 Å². The van der Waals surface area contributed by atoms with Gasteiger partial charge in [0.15, 0.2) is 0 Å². The van der Waals surface area contributed by atoms with E-state index in [1.54, 1.807) is 27.6 Å². The molecular formula is C28H36N2O5S. The van der Waals surface area contributed by atoms with E-state index < -0.39 is 40.2 Å². The second-order valence-corrected chi connectivity index (χ2v) is 12.3. The molecule has 0 aliphatic carbocycles. The Morgan fingerprint density at radius 2 is 1.97 bits per heavy atom. The number of hydrogen-bond donors (Lipinski definition) is 1. The van der Waals surface area contributed by atoms with Crippen LogP contribution in [0.25, 0.3) is 0 Å². The molecule has 36 heavy (non-hydrogen) atoms. The summed E-state index contributed by atoms with van der Waals surface area (Å²) in [6, 6.07) is 7.75. The smallest absolute Gasteiger partial charge is 0.311 e. The number of thioether (sulfide) groups is 1. The molecule has 2 amide bonds. The summed E-state index contributed by atoms with van der Waals surface area (Å²) in [7, 11) is 0. The van der Waals surface area contributed by atoms with Gasteiger partial charge in [-0.25, -0.2) is 0 Å². The molecule has 1 aromatic rings. The summed E-state index contributed by atoms with van der Waals surface area (Å²) in [5.41, 5.74) is 0.235. The first-order valence-electron chi connectivity index (χ1n) is 12.5. The maximum atomic E-state index is 14.4. The molecule has 2 bridgehead atoms. The van der Waals surface area contributed by atoms with Crippen molar-refractivity contribution in [2.45, 2.75) is 61.2 Å². The van der Waals surface area contributed by atoms with Crippen molar-refractivity contribution >= 4 is 29.5 Å². The largest absolute Gasteiger partial charge is 0.461 e. The number of ether oxygens (including phenoxy) is 1. The number of aliphatic hydroxyl groups excluding tert-OH is 1. The fourth-order valence-corrected chi connectivity index (χ4v) is 8.40. The molecule has 6 atom stereocenters. The van der Waals surface area contributed by atoms with Gasteiger partial charge in [0.05, 0.1) is 29.2 Å². The monoisotopic (exact) mass is 512 g/mol. The molecule has 4 rings (SSSR count). The Balaban J connectivity index is 1.84. The molecule has 1 aromatic carbocycles. The summed E-state index contributed by atoms with van der Waals surface area (Å²) in [5.74, 6) is -2.18. The van der Waals surface area contributed by atoms with Crippen LogP contribution in [0.3, 0.4) is 0 Å². The van der Waals surface area contributed by atoms with Crippen LogP contribution in [0, 0.1) is 11.8 Å². The molecule has 7 nitrogen and oxygen atoms in total. The number of benzene rings is 1. The lowest BCUT2D eigenvalue weighted by atomic mass is 9.71. The summed E-state index contributed by atoms with van der Waals surface area (Å²) < 4.78 is 4.66. The van der Waals surface area contributed by atoms with Crippen LogP contribution in [0.15, 0.2) is 55.6 Å². The Morgan fingerprint density at radius 1 is 1.28 bits per heavy atom. The van der Waals surface area contributed by atoms with E-state index in [-0.39, 0.29) is 30.3 Å². The van der Waals surface area contributed by atoms with Gasteiger partial charge in [-0.1, -0.05) is 49.1 Å². The number of amides is 2. The quantitative estimate of drug-likeness (QED) is 0.403. The molecule has 1 spiro atoms. The molecule has 3 aliphatic heterocycles. The fraction of sp³-hybridized carbons (Fsp3) is 0.536. The van der Waals surface area contributed by atoms with Gasteiger partial charge in [0, 0.05) is 17.3 Å². The van der Waals surface area contributed by atoms with Crippen molar-refractivity contribution < 1.29 is 24.2 Å². The molecule has 194 valence electrons. The Hall–Kier alpha value is -2.58. The topological polar surface area (TPSA) is 87.1 Å². The van der Waals surface area contributed by atoms with Crippen LogP contribution in [0.5, 0.6) is 0 Å². The Labute approximate surface area is 217 Å². The van der Waals surface area contributed by atoms with E-state index in [2.05, 4.69) is 13.2 Å². The first-order valence-corrected chi connectivity index (χ1v) is 13.4. The molecule has 2 unspecified atom stereocenters. The first-order chi connectivity index (χ1) is 17.1. The number of likely N-dealkylation sites (tertiary alicyclic amines) is 1. The number of nitrogens with zero attached hydrogens (tertiary/aromatic N) is 2. The van der Waals surface area contributed by atoms with Gasteiger partial charge in [0.25, 0.3) is 0 Å². The van der Waals surface area contributed by atoms with E-state index in [4.69, 9.17) is 4.74 Å². The van der Waals surface area contributed by atoms with E-state index in [0.29, 0.717) is 13.0 Å². The van der Waals surface area contributed by atoms with Crippen LogP contribution in [-0.2, 0) is 19.1 Å². The third-order valence-electron chi connectivity index (χ3n) is 7.67. The average molecular weight is 513 g/mol. The minimum atomic E-state index is -0.821.